The summed E-state index contributed by atoms with van der Waals surface area (Å²) in [5.74, 6) is 1.29. The van der Waals surface area contributed by atoms with Gasteiger partial charge in [0.1, 0.15) is 5.76 Å². The van der Waals surface area contributed by atoms with Crippen molar-refractivity contribution in [3.8, 4) is 6.07 Å². The smallest absolute Gasteiger partial charge is 0.208 e. The highest BCUT2D eigenvalue weighted by atomic mass is 16.4. The first-order valence-electron chi connectivity index (χ1n) is 3.67. The minimum atomic E-state index is 0.292. The van der Waals surface area contributed by atoms with E-state index in [0.717, 1.165) is 0 Å². The van der Waals surface area contributed by atoms with Crippen LogP contribution in [0.4, 0.5) is 0 Å². The van der Waals surface area contributed by atoms with Gasteiger partial charge in [-0.3, -0.25) is 0 Å². The monoisotopic (exact) mass is 165 g/mol. The van der Waals surface area contributed by atoms with Gasteiger partial charge in [0, 0.05) is 0 Å². The van der Waals surface area contributed by atoms with Crippen molar-refractivity contribution in [1.29, 1.82) is 5.26 Å². The Morgan fingerprint density at radius 3 is 3.00 bits per heavy atom. The highest BCUT2D eigenvalue weighted by Gasteiger charge is 2.03. The van der Waals surface area contributed by atoms with Gasteiger partial charge in [0.2, 0.25) is 5.89 Å². The topological polar surface area (TPSA) is 53.1 Å². The van der Waals surface area contributed by atoms with Gasteiger partial charge in [-0.2, -0.15) is 5.26 Å². The molecule has 0 aliphatic rings. The number of oxazole rings is 1. The van der Waals surface area contributed by atoms with Gasteiger partial charge in [0.15, 0.2) is 0 Å². The van der Waals surface area contributed by atoms with Gasteiger partial charge in [-0.15, -0.1) is 0 Å². The summed E-state index contributed by atoms with van der Waals surface area (Å²) in [7, 11) is 3.88. The largest absolute Gasteiger partial charge is 0.443 e. The molecular formula is C8H11N3O. The van der Waals surface area contributed by atoms with Crippen LogP contribution in [0.15, 0.2) is 10.6 Å². The predicted octanol–water partition coefficient (Wildman–Crippen LogP) is 0.802. The Kier molecular flexibility index (Phi) is 2.83. The molecule has 0 saturated carbocycles. The Hall–Kier alpha value is -1.34. The molecule has 1 aromatic rings. The normalized spacial score (nSPS) is 10.2. The lowest BCUT2D eigenvalue weighted by atomic mass is 10.4. The van der Waals surface area contributed by atoms with Crippen LogP contribution >= 0.6 is 0 Å². The van der Waals surface area contributed by atoms with Crippen LogP contribution in [0.25, 0.3) is 0 Å². The lowest BCUT2D eigenvalue weighted by molar-refractivity contribution is 0.335. The number of hydrogen-bond acceptors (Lipinski definition) is 4. The van der Waals surface area contributed by atoms with Gasteiger partial charge < -0.3 is 9.32 Å². The first kappa shape index (κ1) is 8.75. The second-order valence-electron chi connectivity index (χ2n) is 2.79. The van der Waals surface area contributed by atoms with Crippen LogP contribution in [0.2, 0.25) is 0 Å². The first-order chi connectivity index (χ1) is 5.72. The van der Waals surface area contributed by atoms with Crippen molar-refractivity contribution in [2.24, 2.45) is 0 Å². The lowest BCUT2D eigenvalue weighted by Gasteiger charge is -2.03. The lowest BCUT2D eigenvalue weighted by Crippen LogP contribution is -2.10. The molecule has 0 unspecified atom stereocenters. The van der Waals surface area contributed by atoms with E-state index >= 15 is 0 Å². The van der Waals surface area contributed by atoms with Gasteiger partial charge in [0.05, 0.1) is 25.2 Å². The second-order valence-corrected chi connectivity index (χ2v) is 2.79. The number of aromatic nitrogens is 1. The van der Waals surface area contributed by atoms with Gasteiger partial charge in [-0.05, 0) is 14.1 Å². The molecule has 1 rings (SSSR count). The number of rotatable bonds is 3. The van der Waals surface area contributed by atoms with E-state index in [1.807, 2.05) is 25.1 Å². The van der Waals surface area contributed by atoms with Gasteiger partial charge in [-0.25, -0.2) is 4.98 Å². The Morgan fingerprint density at radius 2 is 2.42 bits per heavy atom. The third-order valence-electron chi connectivity index (χ3n) is 1.31. The summed E-state index contributed by atoms with van der Waals surface area (Å²) in [5, 5.41) is 8.36. The molecule has 0 bridgehead atoms. The molecule has 1 heterocycles. The van der Waals surface area contributed by atoms with Crippen LogP contribution in [0.1, 0.15) is 11.7 Å². The molecule has 0 atom stereocenters. The molecule has 1 aromatic heterocycles. The minimum absolute atomic E-state index is 0.292. The molecule has 12 heavy (non-hydrogen) atoms. The standard InChI is InChI=1S/C8H11N3O/c1-11(2)6-8-10-5-7(12-8)3-4-9/h5H,3,6H2,1-2H3. The zero-order valence-corrected chi connectivity index (χ0v) is 7.24. The number of nitriles is 1. The molecule has 0 aliphatic heterocycles. The van der Waals surface area contributed by atoms with Crippen LogP contribution < -0.4 is 0 Å². The first-order valence-corrected chi connectivity index (χ1v) is 3.67. The van der Waals surface area contributed by atoms with Crippen LogP contribution in [0.5, 0.6) is 0 Å². The maximum Gasteiger partial charge on any atom is 0.208 e. The van der Waals surface area contributed by atoms with Gasteiger partial charge in [-0.1, -0.05) is 0 Å². The maximum atomic E-state index is 8.36. The van der Waals surface area contributed by atoms with E-state index in [1.54, 1.807) is 6.20 Å². The Bertz CT molecular complexity index is 285. The van der Waals surface area contributed by atoms with E-state index in [0.29, 0.717) is 24.6 Å². The van der Waals surface area contributed by atoms with Crippen molar-refractivity contribution < 1.29 is 4.42 Å². The zero-order chi connectivity index (χ0) is 8.97. The average molecular weight is 165 g/mol. The third-order valence-corrected chi connectivity index (χ3v) is 1.31. The third kappa shape index (κ3) is 2.36. The predicted molar refractivity (Wildman–Crippen MR) is 43.2 cm³/mol. The van der Waals surface area contributed by atoms with Gasteiger partial charge in [0.25, 0.3) is 0 Å². The number of hydrogen-bond donors (Lipinski definition) is 0. The Labute approximate surface area is 71.4 Å². The van der Waals surface area contributed by atoms with Crippen molar-refractivity contribution in [3.63, 3.8) is 0 Å². The summed E-state index contributed by atoms with van der Waals surface area (Å²) in [4.78, 5) is 5.98. The molecule has 4 nitrogen and oxygen atoms in total. The highest BCUT2D eigenvalue weighted by molar-refractivity contribution is 5.00. The fourth-order valence-electron chi connectivity index (χ4n) is 0.851. The van der Waals surface area contributed by atoms with Crippen LogP contribution in [-0.4, -0.2) is 24.0 Å². The maximum absolute atomic E-state index is 8.36. The molecule has 0 fully saturated rings. The molecule has 4 heteroatoms. The van der Waals surface area contributed by atoms with Gasteiger partial charge >= 0.3 is 0 Å². The molecule has 0 radical (unpaired) electrons. The van der Waals surface area contributed by atoms with E-state index < -0.39 is 0 Å². The van der Waals surface area contributed by atoms with Crippen LogP contribution in [0.3, 0.4) is 0 Å². The molecule has 0 aliphatic carbocycles. The summed E-state index contributed by atoms with van der Waals surface area (Å²) < 4.78 is 5.26. The van der Waals surface area contributed by atoms with E-state index in [2.05, 4.69) is 4.98 Å². The highest BCUT2D eigenvalue weighted by Crippen LogP contribution is 2.05. The van der Waals surface area contributed by atoms with E-state index in [9.17, 15) is 0 Å². The Morgan fingerprint density at radius 1 is 1.67 bits per heavy atom. The molecule has 0 saturated heterocycles. The minimum Gasteiger partial charge on any atom is -0.443 e. The fourth-order valence-corrected chi connectivity index (χ4v) is 0.851. The van der Waals surface area contributed by atoms with E-state index in [1.165, 1.54) is 0 Å². The fraction of sp³-hybridized carbons (Fsp3) is 0.500. The van der Waals surface area contributed by atoms with E-state index in [-0.39, 0.29) is 0 Å². The number of nitrogens with zero attached hydrogens (tertiary/aromatic N) is 3. The van der Waals surface area contributed by atoms with Crippen molar-refractivity contribution >= 4 is 0 Å². The average Bonchev–Trinajstić information content (AvgIpc) is 2.36. The van der Waals surface area contributed by atoms with Crippen molar-refractivity contribution in [3.05, 3.63) is 17.8 Å². The Balaban J connectivity index is 2.59. The molecule has 0 amide bonds. The molecule has 0 spiro atoms. The second kappa shape index (κ2) is 3.88. The summed E-state index contributed by atoms with van der Waals surface area (Å²) in [5.41, 5.74) is 0. The molecule has 0 aromatic carbocycles. The van der Waals surface area contributed by atoms with Crippen molar-refractivity contribution in [2.45, 2.75) is 13.0 Å². The quantitative estimate of drug-likeness (QED) is 0.664. The van der Waals surface area contributed by atoms with E-state index in [4.69, 9.17) is 9.68 Å². The summed E-state index contributed by atoms with van der Waals surface area (Å²) >= 11 is 0. The van der Waals surface area contributed by atoms with Crippen molar-refractivity contribution in [2.75, 3.05) is 14.1 Å². The molecule has 64 valence electrons. The molecule has 0 N–H and O–H groups in total. The van der Waals surface area contributed by atoms with Crippen LogP contribution in [-0.2, 0) is 13.0 Å². The van der Waals surface area contributed by atoms with Crippen molar-refractivity contribution in [1.82, 2.24) is 9.88 Å². The van der Waals surface area contributed by atoms with Crippen LogP contribution in [0, 0.1) is 11.3 Å². The zero-order valence-electron chi connectivity index (χ0n) is 7.24. The summed E-state index contributed by atoms with van der Waals surface area (Å²) in [6.45, 7) is 0.672. The summed E-state index contributed by atoms with van der Waals surface area (Å²) in [6, 6.07) is 2.00. The molecular weight excluding hydrogens is 154 g/mol. The summed E-state index contributed by atoms with van der Waals surface area (Å²) in [6.07, 6.45) is 1.89. The SMILES string of the molecule is CN(C)Cc1ncc(CC#N)o1.